The van der Waals surface area contributed by atoms with Crippen LogP contribution in [0.5, 0.6) is 11.5 Å². The van der Waals surface area contributed by atoms with Gasteiger partial charge in [0.15, 0.2) is 11.5 Å². The largest absolute Gasteiger partial charge is 0.490 e. The molecule has 0 bridgehead atoms. The topological polar surface area (TPSA) is 47.6 Å². The maximum absolute atomic E-state index is 11.3. The number of amides is 1. The first-order valence-electron chi connectivity index (χ1n) is 6.37. The van der Waals surface area contributed by atoms with Gasteiger partial charge in [0, 0.05) is 0 Å². The summed E-state index contributed by atoms with van der Waals surface area (Å²) >= 11 is 5.47. The van der Waals surface area contributed by atoms with Gasteiger partial charge in [0.2, 0.25) is 5.91 Å². The first-order chi connectivity index (χ1) is 9.12. The Labute approximate surface area is 119 Å². The number of ether oxygens (including phenoxy) is 2. The van der Waals surface area contributed by atoms with Crippen molar-refractivity contribution in [2.24, 2.45) is 0 Å². The van der Waals surface area contributed by atoms with Crippen LogP contribution in [0.1, 0.15) is 32.4 Å². The minimum atomic E-state index is -0.194. The van der Waals surface area contributed by atoms with Gasteiger partial charge in [-0.2, -0.15) is 0 Å². The first kappa shape index (κ1) is 15.6. The molecule has 0 fully saturated rings. The van der Waals surface area contributed by atoms with E-state index in [4.69, 9.17) is 21.1 Å². The van der Waals surface area contributed by atoms with E-state index in [1.165, 1.54) is 0 Å². The van der Waals surface area contributed by atoms with Crippen LogP contribution in [0.15, 0.2) is 18.2 Å². The molecule has 1 aromatic carbocycles. The van der Waals surface area contributed by atoms with Crippen molar-refractivity contribution in [2.45, 2.75) is 26.8 Å². The molecule has 1 amide bonds. The second kappa shape index (κ2) is 7.89. The van der Waals surface area contributed by atoms with Crippen LogP contribution in [0.2, 0.25) is 0 Å². The fourth-order valence-corrected chi connectivity index (χ4v) is 1.78. The van der Waals surface area contributed by atoms with Crippen LogP contribution in [0.3, 0.4) is 0 Å². The number of benzene rings is 1. The van der Waals surface area contributed by atoms with Crippen molar-refractivity contribution in [1.82, 2.24) is 5.32 Å². The first-order valence-corrected chi connectivity index (χ1v) is 6.90. The van der Waals surface area contributed by atoms with Gasteiger partial charge in [-0.15, -0.1) is 11.6 Å². The van der Waals surface area contributed by atoms with Gasteiger partial charge in [-0.05, 0) is 38.5 Å². The molecular formula is C14H20ClNO3. The molecule has 5 heteroatoms. The molecule has 0 spiro atoms. The van der Waals surface area contributed by atoms with E-state index >= 15 is 0 Å². The van der Waals surface area contributed by atoms with Gasteiger partial charge in [-0.3, -0.25) is 4.79 Å². The molecule has 0 radical (unpaired) electrons. The van der Waals surface area contributed by atoms with Crippen LogP contribution in [0, 0.1) is 0 Å². The van der Waals surface area contributed by atoms with Crippen molar-refractivity contribution < 1.29 is 14.3 Å². The molecule has 0 heterocycles. The number of carbonyl (C=O) groups is 1. The monoisotopic (exact) mass is 285 g/mol. The van der Waals surface area contributed by atoms with E-state index in [2.05, 4.69) is 5.32 Å². The van der Waals surface area contributed by atoms with Crippen molar-refractivity contribution in [3.8, 4) is 11.5 Å². The predicted octanol–water partition coefficient (Wildman–Crippen LogP) is 2.90. The molecule has 0 saturated heterocycles. The molecule has 0 aromatic heterocycles. The van der Waals surface area contributed by atoms with Gasteiger partial charge in [0.05, 0.1) is 19.3 Å². The fraction of sp³-hybridized carbons (Fsp3) is 0.500. The molecule has 19 heavy (non-hydrogen) atoms. The number of nitrogens with one attached hydrogen (secondary N) is 1. The molecule has 1 atom stereocenters. The van der Waals surface area contributed by atoms with Gasteiger partial charge in [0.1, 0.15) is 5.88 Å². The Morgan fingerprint density at radius 1 is 1.26 bits per heavy atom. The third-order valence-electron chi connectivity index (χ3n) is 2.57. The van der Waals surface area contributed by atoms with E-state index in [1.54, 1.807) is 0 Å². The molecule has 0 aliphatic rings. The van der Waals surface area contributed by atoms with Gasteiger partial charge in [0.25, 0.3) is 0 Å². The highest BCUT2D eigenvalue weighted by Gasteiger charge is 2.12. The lowest BCUT2D eigenvalue weighted by molar-refractivity contribution is -0.119. The predicted molar refractivity (Wildman–Crippen MR) is 76.1 cm³/mol. The third-order valence-corrected chi connectivity index (χ3v) is 2.81. The normalized spacial score (nSPS) is 11.8. The minimum Gasteiger partial charge on any atom is -0.490 e. The lowest BCUT2D eigenvalue weighted by atomic mass is 10.1. The van der Waals surface area contributed by atoms with Crippen LogP contribution in [0.4, 0.5) is 0 Å². The zero-order valence-corrected chi connectivity index (χ0v) is 12.3. The maximum atomic E-state index is 11.3. The van der Waals surface area contributed by atoms with Crippen LogP contribution in [-0.4, -0.2) is 25.0 Å². The maximum Gasteiger partial charge on any atom is 0.235 e. The summed E-state index contributed by atoms with van der Waals surface area (Å²) in [6.07, 6.45) is 0. The Morgan fingerprint density at radius 2 is 1.89 bits per heavy atom. The molecular weight excluding hydrogens is 266 g/mol. The molecule has 1 aromatic rings. The lowest BCUT2D eigenvalue weighted by Crippen LogP contribution is -2.27. The minimum absolute atomic E-state index is 0.0420. The SMILES string of the molecule is CCOc1ccc([C@H](C)NC(=O)CCl)cc1OCC. The number of halogens is 1. The molecule has 1 rings (SSSR count). The molecule has 0 saturated carbocycles. The van der Waals surface area contributed by atoms with E-state index < -0.39 is 0 Å². The smallest absolute Gasteiger partial charge is 0.235 e. The third kappa shape index (κ3) is 4.63. The molecule has 0 unspecified atom stereocenters. The van der Waals surface area contributed by atoms with Crippen molar-refractivity contribution in [3.05, 3.63) is 23.8 Å². The number of hydrogen-bond acceptors (Lipinski definition) is 3. The van der Waals surface area contributed by atoms with E-state index in [1.807, 2.05) is 39.0 Å². The van der Waals surface area contributed by atoms with Gasteiger partial charge < -0.3 is 14.8 Å². The molecule has 0 aliphatic carbocycles. The summed E-state index contributed by atoms with van der Waals surface area (Å²) in [5.74, 6) is 1.17. The number of carbonyl (C=O) groups excluding carboxylic acids is 1. The summed E-state index contributed by atoms with van der Waals surface area (Å²) in [6.45, 7) is 6.88. The summed E-state index contributed by atoms with van der Waals surface area (Å²) in [5.41, 5.74) is 0.949. The van der Waals surface area contributed by atoms with Crippen LogP contribution in [0.25, 0.3) is 0 Å². The fourth-order valence-electron chi connectivity index (χ4n) is 1.70. The number of hydrogen-bond donors (Lipinski definition) is 1. The Hall–Kier alpha value is -1.42. The van der Waals surface area contributed by atoms with Crippen LogP contribution in [-0.2, 0) is 4.79 Å². The second-order valence-electron chi connectivity index (χ2n) is 4.00. The second-order valence-corrected chi connectivity index (χ2v) is 4.26. The van der Waals surface area contributed by atoms with Crippen molar-refractivity contribution in [1.29, 1.82) is 0 Å². The van der Waals surface area contributed by atoms with E-state index in [0.717, 1.165) is 5.56 Å². The highest BCUT2D eigenvalue weighted by molar-refractivity contribution is 6.27. The van der Waals surface area contributed by atoms with Crippen LogP contribution < -0.4 is 14.8 Å². The van der Waals surface area contributed by atoms with Crippen molar-refractivity contribution >= 4 is 17.5 Å². The Bertz CT molecular complexity index is 423. The zero-order chi connectivity index (χ0) is 14.3. The molecule has 106 valence electrons. The van der Waals surface area contributed by atoms with E-state index in [0.29, 0.717) is 24.7 Å². The van der Waals surface area contributed by atoms with E-state index in [-0.39, 0.29) is 17.8 Å². The molecule has 4 nitrogen and oxygen atoms in total. The average Bonchev–Trinajstić information content (AvgIpc) is 2.41. The summed E-state index contributed by atoms with van der Waals surface area (Å²) in [5, 5.41) is 2.80. The number of rotatable bonds is 7. The standard InChI is InChI=1S/C14H20ClNO3/c1-4-18-12-7-6-11(8-13(12)19-5-2)10(3)16-14(17)9-15/h6-8,10H,4-5,9H2,1-3H3,(H,16,17)/t10-/m0/s1. The van der Waals surface area contributed by atoms with Crippen molar-refractivity contribution in [2.75, 3.05) is 19.1 Å². The van der Waals surface area contributed by atoms with Gasteiger partial charge in [-0.1, -0.05) is 6.07 Å². The van der Waals surface area contributed by atoms with Crippen molar-refractivity contribution in [3.63, 3.8) is 0 Å². The van der Waals surface area contributed by atoms with Gasteiger partial charge >= 0.3 is 0 Å². The lowest BCUT2D eigenvalue weighted by Gasteiger charge is -2.17. The van der Waals surface area contributed by atoms with Gasteiger partial charge in [-0.25, -0.2) is 0 Å². The summed E-state index contributed by atoms with van der Waals surface area (Å²) < 4.78 is 11.0. The quantitative estimate of drug-likeness (QED) is 0.784. The highest BCUT2D eigenvalue weighted by Crippen LogP contribution is 2.30. The summed E-state index contributed by atoms with van der Waals surface area (Å²) in [4.78, 5) is 11.3. The molecule has 0 aliphatic heterocycles. The zero-order valence-electron chi connectivity index (χ0n) is 11.5. The Balaban J connectivity index is 2.90. The van der Waals surface area contributed by atoms with E-state index in [9.17, 15) is 4.79 Å². The van der Waals surface area contributed by atoms with Crippen LogP contribution >= 0.6 is 11.6 Å². The summed E-state index contributed by atoms with van der Waals surface area (Å²) in [7, 11) is 0. The average molecular weight is 286 g/mol. The molecule has 1 N–H and O–H groups in total. The Morgan fingerprint density at radius 3 is 2.47 bits per heavy atom. The Kier molecular flexibility index (Phi) is 6.50. The summed E-state index contributed by atoms with van der Waals surface area (Å²) in [6, 6.07) is 5.52. The number of alkyl halides is 1. The highest BCUT2D eigenvalue weighted by atomic mass is 35.5.